The van der Waals surface area contributed by atoms with Gasteiger partial charge in [0, 0.05) is 11.9 Å². The van der Waals surface area contributed by atoms with Crippen LogP contribution in [0.5, 0.6) is 5.75 Å². The van der Waals surface area contributed by atoms with Crippen molar-refractivity contribution >= 4 is 22.8 Å². The van der Waals surface area contributed by atoms with Crippen molar-refractivity contribution in [3.63, 3.8) is 0 Å². The molecule has 0 aliphatic rings. The average Bonchev–Trinajstić information content (AvgIpc) is 3.04. The number of rotatable bonds is 6. The lowest BCUT2D eigenvalue weighted by Gasteiger charge is -2.06. The zero-order chi connectivity index (χ0) is 17.6. The highest BCUT2D eigenvalue weighted by Gasteiger charge is 2.10. The summed E-state index contributed by atoms with van der Waals surface area (Å²) in [4.78, 5) is 11.8. The highest BCUT2D eigenvalue weighted by atomic mass is 16.5. The Balaban J connectivity index is 1.77. The summed E-state index contributed by atoms with van der Waals surface area (Å²) in [6.07, 6.45) is 0.736. The van der Waals surface area contributed by atoms with Crippen LogP contribution >= 0.6 is 0 Å². The molecule has 0 aliphatic heterocycles. The Morgan fingerprint density at radius 3 is 2.68 bits per heavy atom. The quantitative estimate of drug-likeness (QED) is 0.518. The summed E-state index contributed by atoms with van der Waals surface area (Å²) in [6, 6.07) is 13.5. The van der Waals surface area contributed by atoms with Crippen molar-refractivity contribution in [2.24, 2.45) is 5.73 Å². The Morgan fingerprint density at radius 1 is 1.20 bits per heavy atom. The van der Waals surface area contributed by atoms with E-state index < -0.39 is 0 Å². The number of hydrogen-bond donors (Lipinski definition) is 4. The van der Waals surface area contributed by atoms with E-state index in [1.165, 1.54) is 0 Å². The molecule has 0 atom stereocenters. The summed E-state index contributed by atoms with van der Waals surface area (Å²) in [5, 5.41) is 13.5. The lowest BCUT2D eigenvalue weighted by molar-refractivity contribution is 0.252. The van der Waals surface area contributed by atoms with Gasteiger partial charge in [-0.3, -0.25) is 10.4 Å². The minimum absolute atomic E-state index is 0.291. The number of urea groups is 1. The van der Waals surface area contributed by atoms with Gasteiger partial charge in [-0.25, -0.2) is 4.79 Å². The van der Waals surface area contributed by atoms with Crippen molar-refractivity contribution in [3.05, 3.63) is 42.5 Å². The van der Waals surface area contributed by atoms with Gasteiger partial charge in [0.05, 0.1) is 12.6 Å². The van der Waals surface area contributed by atoms with Crippen LogP contribution in [0, 0.1) is 0 Å². The number of amides is 2. The zero-order valence-electron chi connectivity index (χ0n) is 14.0. The number of carbonyl (C=O) groups excluding carboxylic acids is 1. The molecule has 5 N–H and O–H groups in total. The highest BCUT2D eigenvalue weighted by Crippen LogP contribution is 2.28. The normalized spacial score (nSPS) is 10.6. The fourth-order valence-electron chi connectivity index (χ4n) is 2.53. The van der Waals surface area contributed by atoms with E-state index in [2.05, 4.69) is 20.8 Å². The van der Waals surface area contributed by atoms with Gasteiger partial charge >= 0.3 is 6.03 Å². The fourth-order valence-corrected chi connectivity index (χ4v) is 2.53. The first-order valence-corrected chi connectivity index (χ1v) is 8.08. The number of aromatic amines is 1. The minimum atomic E-state index is -0.291. The predicted molar refractivity (Wildman–Crippen MR) is 98.8 cm³/mol. The second-order valence-corrected chi connectivity index (χ2v) is 5.58. The topological polar surface area (TPSA) is 105 Å². The Morgan fingerprint density at radius 2 is 1.96 bits per heavy atom. The predicted octanol–water partition coefficient (Wildman–Crippen LogP) is 2.71. The molecule has 0 saturated carbocycles. The number of carbonyl (C=O) groups is 1. The molecule has 0 unspecified atom stereocenters. The van der Waals surface area contributed by atoms with E-state index in [9.17, 15) is 4.79 Å². The Kier molecular flexibility index (Phi) is 5.15. The third-order valence-electron chi connectivity index (χ3n) is 3.88. The number of nitrogens with zero attached hydrogens (tertiary/aromatic N) is 1. The number of fused-ring (bicyclic) bond motifs is 1. The number of anilines is 1. The van der Waals surface area contributed by atoms with Crippen LogP contribution in [0.25, 0.3) is 22.0 Å². The third-order valence-corrected chi connectivity index (χ3v) is 3.88. The van der Waals surface area contributed by atoms with Gasteiger partial charge in [-0.05, 0) is 48.4 Å². The van der Waals surface area contributed by atoms with Crippen molar-refractivity contribution in [3.8, 4) is 16.9 Å². The van der Waals surface area contributed by atoms with Crippen LogP contribution in [0.4, 0.5) is 10.6 Å². The number of H-pyrrole nitrogens is 1. The SMILES string of the molecule is COc1ccc(-c2ccc3c(NC(=O)NCCCN)n[nH]c3c2)cc1. The molecule has 0 radical (unpaired) electrons. The molecule has 0 fully saturated rings. The molecule has 25 heavy (non-hydrogen) atoms. The zero-order valence-corrected chi connectivity index (χ0v) is 14.0. The Hall–Kier alpha value is -3.06. The van der Waals surface area contributed by atoms with Crippen molar-refractivity contribution < 1.29 is 9.53 Å². The van der Waals surface area contributed by atoms with Gasteiger partial charge < -0.3 is 15.8 Å². The summed E-state index contributed by atoms with van der Waals surface area (Å²) in [5.74, 6) is 1.32. The highest BCUT2D eigenvalue weighted by molar-refractivity contribution is 6.00. The number of benzene rings is 2. The second-order valence-electron chi connectivity index (χ2n) is 5.58. The van der Waals surface area contributed by atoms with Crippen molar-refractivity contribution in [1.29, 1.82) is 0 Å². The van der Waals surface area contributed by atoms with E-state index in [-0.39, 0.29) is 6.03 Å². The molecule has 0 aliphatic carbocycles. The maximum atomic E-state index is 11.8. The third kappa shape index (κ3) is 3.89. The molecule has 3 aromatic rings. The van der Waals surface area contributed by atoms with Crippen LogP contribution < -0.4 is 21.1 Å². The van der Waals surface area contributed by atoms with Crippen molar-refractivity contribution in [1.82, 2.24) is 15.5 Å². The Bertz CT molecular complexity index is 858. The lowest BCUT2D eigenvalue weighted by atomic mass is 10.0. The number of methoxy groups -OCH3 is 1. The summed E-state index contributed by atoms with van der Waals surface area (Å²) in [6.45, 7) is 1.08. The van der Waals surface area contributed by atoms with E-state index in [4.69, 9.17) is 10.5 Å². The van der Waals surface area contributed by atoms with Gasteiger partial charge in [-0.2, -0.15) is 5.10 Å². The van der Waals surface area contributed by atoms with Crippen LogP contribution in [0.15, 0.2) is 42.5 Å². The van der Waals surface area contributed by atoms with Crippen LogP contribution in [-0.4, -0.2) is 36.4 Å². The molecule has 0 saturated heterocycles. The molecule has 1 heterocycles. The monoisotopic (exact) mass is 339 g/mol. The lowest BCUT2D eigenvalue weighted by Crippen LogP contribution is -2.30. The molecule has 130 valence electrons. The summed E-state index contributed by atoms with van der Waals surface area (Å²) < 4.78 is 5.18. The van der Waals surface area contributed by atoms with Crippen molar-refractivity contribution in [2.45, 2.75) is 6.42 Å². The first kappa shape index (κ1) is 16.8. The number of hydrogen-bond acceptors (Lipinski definition) is 4. The van der Waals surface area contributed by atoms with Gasteiger partial charge in [0.1, 0.15) is 5.75 Å². The minimum Gasteiger partial charge on any atom is -0.497 e. The molecule has 2 amide bonds. The molecule has 2 aromatic carbocycles. The average molecular weight is 339 g/mol. The van der Waals surface area contributed by atoms with Crippen LogP contribution in [0.2, 0.25) is 0 Å². The standard InChI is InChI=1S/C18H21N5O2/c1-25-14-6-3-12(4-7-14)13-5-8-15-16(11-13)22-23-17(15)21-18(24)20-10-2-9-19/h3-8,11H,2,9-10,19H2,1H3,(H3,20,21,22,23,24). The van der Waals surface area contributed by atoms with Gasteiger partial charge in [0.15, 0.2) is 5.82 Å². The molecule has 3 rings (SSSR count). The van der Waals surface area contributed by atoms with Crippen LogP contribution in [0.1, 0.15) is 6.42 Å². The van der Waals surface area contributed by atoms with Gasteiger partial charge in [-0.1, -0.05) is 18.2 Å². The summed E-state index contributed by atoms with van der Waals surface area (Å²) >= 11 is 0. The number of ether oxygens (including phenoxy) is 1. The van der Waals surface area contributed by atoms with E-state index in [0.717, 1.165) is 34.2 Å². The molecule has 0 bridgehead atoms. The molecular formula is C18H21N5O2. The first-order valence-electron chi connectivity index (χ1n) is 8.08. The number of nitrogens with two attached hydrogens (primary N) is 1. The van der Waals surface area contributed by atoms with Gasteiger partial charge in [0.25, 0.3) is 0 Å². The van der Waals surface area contributed by atoms with Gasteiger partial charge in [0.2, 0.25) is 0 Å². The fraction of sp³-hybridized carbons (Fsp3) is 0.222. The second kappa shape index (κ2) is 7.67. The molecule has 0 spiro atoms. The Labute approximate surface area is 145 Å². The number of nitrogens with one attached hydrogen (secondary N) is 3. The maximum absolute atomic E-state index is 11.8. The van der Waals surface area contributed by atoms with E-state index in [1.807, 2.05) is 42.5 Å². The summed E-state index contributed by atoms with van der Waals surface area (Å²) in [5.41, 5.74) is 8.39. The van der Waals surface area contributed by atoms with E-state index in [1.54, 1.807) is 7.11 Å². The molecule has 1 aromatic heterocycles. The first-order chi connectivity index (χ1) is 12.2. The summed E-state index contributed by atoms with van der Waals surface area (Å²) in [7, 11) is 1.65. The van der Waals surface area contributed by atoms with Crippen LogP contribution in [0.3, 0.4) is 0 Å². The maximum Gasteiger partial charge on any atom is 0.320 e. The van der Waals surface area contributed by atoms with Crippen LogP contribution in [-0.2, 0) is 0 Å². The van der Waals surface area contributed by atoms with E-state index >= 15 is 0 Å². The molecule has 7 nitrogen and oxygen atoms in total. The molecule has 7 heteroatoms. The number of aromatic nitrogens is 2. The van der Waals surface area contributed by atoms with Gasteiger partial charge in [-0.15, -0.1) is 0 Å². The smallest absolute Gasteiger partial charge is 0.320 e. The largest absolute Gasteiger partial charge is 0.497 e. The van der Waals surface area contributed by atoms with E-state index in [0.29, 0.717) is 18.9 Å². The van der Waals surface area contributed by atoms with Crippen molar-refractivity contribution in [2.75, 3.05) is 25.5 Å². The molecular weight excluding hydrogens is 318 g/mol.